The van der Waals surface area contributed by atoms with Crippen molar-refractivity contribution in [2.75, 3.05) is 13.6 Å². The maximum atomic E-state index is 9.64. The smallest absolute Gasteiger partial charge is 0.0580 e. The van der Waals surface area contributed by atoms with Gasteiger partial charge in [-0.3, -0.25) is 0 Å². The Labute approximate surface area is 69.0 Å². The Morgan fingerprint density at radius 1 is 1.27 bits per heavy atom. The van der Waals surface area contributed by atoms with Crippen molar-refractivity contribution in [1.82, 2.24) is 5.32 Å². The Kier molecular flexibility index (Phi) is 3.87. The van der Waals surface area contributed by atoms with Crippen LogP contribution >= 0.6 is 0 Å². The van der Waals surface area contributed by atoms with Gasteiger partial charge in [-0.25, -0.2) is 0 Å². The van der Waals surface area contributed by atoms with E-state index in [-0.39, 0.29) is 6.10 Å². The number of rotatable bonds is 2. The zero-order valence-electron chi connectivity index (χ0n) is 7.34. The molecular weight excluding hydrogens is 138 g/mol. The zero-order chi connectivity index (χ0) is 8.10. The van der Waals surface area contributed by atoms with Crippen LogP contribution < -0.4 is 5.32 Å². The maximum Gasteiger partial charge on any atom is 0.0580 e. The highest BCUT2D eigenvalue weighted by molar-refractivity contribution is 4.73. The van der Waals surface area contributed by atoms with E-state index >= 15 is 0 Å². The molecule has 1 saturated carbocycles. The summed E-state index contributed by atoms with van der Waals surface area (Å²) in [5.41, 5.74) is 0. The van der Waals surface area contributed by atoms with E-state index in [4.69, 9.17) is 0 Å². The first-order valence-electron chi connectivity index (χ1n) is 4.67. The highest BCUT2D eigenvalue weighted by atomic mass is 16.3. The number of nitrogens with one attached hydrogen (secondary N) is 1. The van der Waals surface area contributed by atoms with Gasteiger partial charge in [0.25, 0.3) is 0 Å². The molecule has 1 aliphatic rings. The molecular formula is C9H19NO. The second kappa shape index (κ2) is 4.73. The molecule has 0 heterocycles. The fourth-order valence-corrected chi connectivity index (χ4v) is 1.87. The summed E-state index contributed by atoms with van der Waals surface area (Å²) >= 11 is 0. The largest absolute Gasteiger partial charge is 0.393 e. The van der Waals surface area contributed by atoms with Gasteiger partial charge in [-0.15, -0.1) is 0 Å². The third kappa shape index (κ3) is 2.80. The van der Waals surface area contributed by atoms with Gasteiger partial charge in [0.15, 0.2) is 0 Å². The Morgan fingerprint density at radius 2 is 2.00 bits per heavy atom. The van der Waals surface area contributed by atoms with Gasteiger partial charge in [0, 0.05) is 6.54 Å². The van der Waals surface area contributed by atoms with Crippen LogP contribution in [0.2, 0.25) is 0 Å². The minimum Gasteiger partial charge on any atom is -0.393 e. The zero-order valence-corrected chi connectivity index (χ0v) is 7.34. The van der Waals surface area contributed by atoms with E-state index < -0.39 is 0 Å². The van der Waals surface area contributed by atoms with Crippen LogP contribution in [0.5, 0.6) is 0 Å². The molecule has 0 bridgehead atoms. The van der Waals surface area contributed by atoms with Gasteiger partial charge in [-0.1, -0.05) is 19.3 Å². The Morgan fingerprint density at radius 3 is 2.73 bits per heavy atom. The molecule has 0 aliphatic heterocycles. The van der Waals surface area contributed by atoms with Crippen molar-refractivity contribution in [2.45, 2.75) is 38.2 Å². The van der Waals surface area contributed by atoms with E-state index in [0.29, 0.717) is 5.92 Å². The lowest BCUT2D eigenvalue weighted by molar-refractivity contribution is 0.101. The van der Waals surface area contributed by atoms with E-state index in [0.717, 1.165) is 13.0 Å². The molecule has 0 aromatic heterocycles. The summed E-state index contributed by atoms with van der Waals surface area (Å²) in [6.45, 7) is 0.973. The molecule has 1 fully saturated rings. The Balaban J connectivity index is 2.32. The summed E-state index contributed by atoms with van der Waals surface area (Å²) in [5, 5.41) is 12.8. The molecule has 0 saturated heterocycles. The molecule has 0 aromatic rings. The molecule has 0 amide bonds. The minimum absolute atomic E-state index is 0.0510. The standard InChI is InChI=1S/C9H19NO/c1-10-7-8-5-3-2-4-6-9(8)11/h8-11H,2-7H2,1H3/t8?,9-/m0/s1. The van der Waals surface area contributed by atoms with Crippen molar-refractivity contribution in [1.29, 1.82) is 0 Å². The van der Waals surface area contributed by atoms with E-state index in [1.54, 1.807) is 0 Å². The average molecular weight is 157 g/mol. The quantitative estimate of drug-likeness (QED) is 0.589. The van der Waals surface area contributed by atoms with Gasteiger partial charge >= 0.3 is 0 Å². The highest BCUT2D eigenvalue weighted by Crippen LogP contribution is 2.22. The average Bonchev–Trinajstić information content (AvgIpc) is 2.18. The van der Waals surface area contributed by atoms with Crippen molar-refractivity contribution >= 4 is 0 Å². The molecule has 66 valence electrons. The molecule has 1 aliphatic carbocycles. The maximum absolute atomic E-state index is 9.64. The molecule has 1 unspecified atom stereocenters. The SMILES string of the molecule is CNCC1CCCCC[C@@H]1O. The third-order valence-electron chi connectivity index (χ3n) is 2.59. The van der Waals surface area contributed by atoms with E-state index in [1.165, 1.54) is 25.7 Å². The Bertz CT molecular complexity index is 106. The second-order valence-corrected chi connectivity index (χ2v) is 3.52. The number of hydrogen-bond donors (Lipinski definition) is 2. The van der Waals surface area contributed by atoms with Gasteiger partial charge in [-0.2, -0.15) is 0 Å². The summed E-state index contributed by atoms with van der Waals surface area (Å²) in [4.78, 5) is 0. The van der Waals surface area contributed by atoms with Gasteiger partial charge in [0.2, 0.25) is 0 Å². The van der Waals surface area contributed by atoms with E-state index in [1.807, 2.05) is 7.05 Å². The lowest BCUT2D eigenvalue weighted by Gasteiger charge is -2.19. The molecule has 2 nitrogen and oxygen atoms in total. The van der Waals surface area contributed by atoms with Gasteiger partial charge < -0.3 is 10.4 Å². The number of aliphatic hydroxyl groups excluding tert-OH is 1. The van der Waals surface area contributed by atoms with Crippen LogP contribution in [0.3, 0.4) is 0 Å². The van der Waals surface area contributed by atoms with Gasteiger partial charge in [0.05, 0.1) is 6.10 Å². The summed E-state index contributed by atoms with van der Waals surface area (Å²) in [7, 11) is 1.96. The molecule has 11 heavy (non-hydrogen) atoms. The summed E-state index contributed by atoms with van der Waals surface area (Å²) in [5.74, 6) is 0.502. The molecule has 0 radical (unpaired) electrons. The Hall–Kier alpha value is -0.0800. The fraction of sp³-hybridized carbons (Fsp3) is 1.00. The van der Waals surface area contributed by atoms with Crippen LogP contribution in [-0.2, 0) is 0 Å². The van der Waals surface area contributed by atoms with Crippen LogP contribution in [0.1, 0.15) is 32.1 Å². The molecule has 0 spiro atoms. The van der Waals surface area contributed by atoms with Crippen LogP contribution in [0.25, 0.3) is 0 Å². The first-order valence-corrected chi connectivity index (χ1v) is 4.67. The summed E-state index contributed by atoms with van der Waals surface area (Å²) < 4.78 is 0. The molecule has 1 rings (SSSR count). The van der Waals surface area contributed by atoms with Crippen LogP contribution in [0.4, 0.5) is 0 Å². The normalized spacial score (nSPS) is 33.3. The van der Waals surface area contributed by atoms with Crippen molar-refractivity contribution in [2.24, 2.45) is 5.92 Å². The summed E-state index contributed by atoms with van der Waals surface area (Å²) in [6.07, 6.45) is 5.96. The van der Waals surface area contributed by atoms with Crippen molar-refractivity contribution < 1.29 is 5.11 Å². The predicted molar refractivity (Wildman–Crippen MR) is 46.5 cm³/mol. The molecule has 2 N–H and O–H groups in total. The highest BCUT2D eigenvalue weighted by Gasteiger charge is 2.20. The second-order valence-electron chi connectivity index (χ2n) is 3.52. The van der Waals surface area contributed by atoms with Crippen LogP contribution in [0, 0.1) is 5.92 Å². The lowest BCUT2D eigenvalue weighted by Crippen LogP contribution is -2.28. The number of aliphatic hydroxyl groups is 1. The minimum atomic E-state index is -0.0510. The van der Waals surface area contributed by atoms with Crippen molar-refractivity contribution in [3.05, 3.63) is 0 Å². The third-order valence-corrected chi connectivity index (χ3v) is 2.59. The summed E-state index contributed by atoms with van der Waals surface area (Å²) in [6, 6.07) is 0. The first-order chi connectivity index (χ1) is 5.34. The predicted octanol–water partition coefficient (Wildman–Crippen LogP) is 1.15. The fourth-order valence-electron chi connectivity index (χ4n) is 1.87. The monoisotopic (exact) mass is 157 g/mol. The molecule has 0 aromatic carbocycles. The van der Waals surface area contributed by atoms with Crippen LogP contribution in [-0.4, -0.2) is 24.8 Å². The van der Waals surface area contributed by atoms with Crippen molar-refractivity contribution in [3.63, 3.8) is 0 Å². The topological polar surface area (TPSA) is 32.3 Å². The van der Waals surface area contributed by atoms with Gasteiger partial charge in [-0.05, 0) is 25.8 Å². The molecule has 2 heteroatoms. The van der Waals surface area contributed by atoms with Crippen LogP contribution in [0.15, 0.2) is 0 Å². The number of hydrogen-bond acceptors (Lipinski definition) is 2. The van der Waals surface area contributed by atoms with E-state index in [2.05, 4.69) is 5.32 Å². The molecule has 2 atom stereocenters. The van der Waals surface area contributed by atoms with E-state index in [9.17, 15) is 5.11 Å². The van der Waals surface area contributed by atoms with Crippen molar-refractivity contribution in [3.8, 4) is 0 Å². The first kappa shape index (κ1) is 9.01. The lowest BCUT2D eigenvalue weighted by atomic mass is 9.97. The van der Waals surface area contributed by atoms with Gasteiger partial charge in [0.1, 0.15) is 0 Å².